The molecule has 7 nitrogen and oxygen atoms in total. The Balaban J connectivity index is 2.28. The summed E-state index contributed by atoms with van der Waals surface area (Å²) in [6, 6.07) is 4.57. The van der Waals surface area contributed by atoms with Crippen LogP contribution in [0.5, 0.6) is 5.75 Å². The number of hydrogen-bond acceptors (Lipinski definition) is 5. The van der Waals surface area contributed by atoms with Crippen molar-refractivity contribution < 1.29 is 17.9 Å². The van der Waals surface area contributed by atoms with Gasteiger partial charge in [-0.05, 0) is 45.0 Å². The van der Waals surface area contributed by atoms with E-state index in [-0.39, 0.29) is 22.4 Å². The van der Waals surface area contributed by atoms with Gasteiger partial charge in [-0.15, -0.1) is 0 Å². The Labute approximate surface area is 156 Å². The molecule has 0 saturated carbocycles. The summed E-state index contributed by atoms with van der Waals surface area (Å²) in [6.45, 7) is 3.42. The number of benzene rings is 1. The monoisotopic (exact) mass is 383 g/mol. The van der Waals surface area contributed by atoms with Crippen molar-refractivity contribution in [1.29, 1.82) is 0 Å². The number of nitrogens with zero attached hydrogens (tertiary/aromatic N) is 1. The lowest BCUT2D eigenvalue weighted by Gasteiger charge is -2.21. The van der Waals surface area contributed by atoms with Crippen LogP contribution >= 0.6 is 0 Å². The van der Waals surface area contributed by atoms with E-state index in [1.807, 2.05) is 14.0 Å². The first-order chi connectivity index (χ1) is 12.4. The molecule has 0 spiro atoms. The molecule has 0 aromatic heterocycles. The first-order valence-corrected chi connectivity index (χ1v) is 10.5. The van der Waals surface area contributed by atoms with Crippen LogP contribution in [0.15, 0.2) is 23.1 Å². The highest BCUT2D eigenvalue weighted by Gasteiger charge is 2.27. The van der Waals surface area contributed by atoms with Crippen LogP contribution in [0, 0.1) is 0 Å². The number of nitrogens with one attached hydrogen (secondary N) is 2. The molecule has 1 aliphatic heterocycles. The highest BCUT2D eigenvalue weighted by molar-refractivity contribution is 7.89. The van der Waals surface area contributed by atoms with Gasteiger partial charge in [0.15, 0.2) is 0 Å². The number of carbonyl (C=O) groups is 1. The molecule has 1 atom stereocenters. The Bertz CT molecular complexity index is 713. The van der Waals surface area contributed by atoms with E-state index >= 15 is 0 Å². The van der Waals surface area contributed by atoms with Crippen LogP contribution in [0.1, 0.15) is 43.0 Å². The van der Waals surface area contributed by atoms with Gasteiger partial charge in [0.2, 0.25) is 10.0 Å². The molecule has 0 bridgehead atoms. The van der Waals surface area contributed by atoms with E-state index < -0.39 is 10.0 Å². The summed E-state index contributed by atoms with van der Waals surface area (Å²) in [4.78, 5) is 12.7. The van der Waals surface area contributed by atoms with Gasteiger partial charge in [0.1, 0.15) is 5.75 Å². The standard InChI is InChI=1S/C18H29N3O4S/c1-14(19-2)13-20-18(22)16-12-15(8-9-17(16)25-3)26(23,24)21-10-6-4-5-7-11-21/h8-9,12,14,19H,4-7,10-11,13H2,1-3H3,(H,20,22). The lowest BCUT2D eigenvalue weighted by atomic mass is 10.2. The van der Waals surface area contributed by atoms with Crippen molar-refractivity contribution in [3.8, 4) is 5.75 Å². The van der Waals surface area contributed by atoms with Crippen molar-refractivity contribution in [2.75, 3.05) is 33.8 Å². The maximum atomic E-state index is 13.0. The predicted molar refractivity (Wildman–Crippen MR) is 101 cm³/mol. The Kier molecular flexibility index (Phi) is 7.43. The summed E-state index contributed by atoms with van der Waals surface area (Å²) in [7, 11) is -0.342. The van der Waals surface area contributed by atoms with Gasteiger partial charge in [0, 0.05) is 25.7 Å². The van der Waals surface area contributed by atoms with Gasteiger partial charge in [0.05, 0.1) is 17.6 Å². The SMILES string of the molecule is CNC(C)CNC(=O)c1cc(S(=O)(=O)N2CCCCCC2)ccc1OC. The Morgan fingerprint density at radius 3 is 2.46 bits per heavy atom. The summed E-state index contributed by atoms with van der Waals surface area (Å²) >= 11 is 0. The lowest BCUT2D eigenvalue weighted by molar-refractivity contribution is 0.0947. The van der Waals surface area contributed by atoms with Crippen molar-refractivity contribution in [3.63, 3.8) is 0 Å². The molecule has 1 fully saturated rings. The van der Waals surface area contributed by atoms with Crippen LogP contribution in [-0.4, -0.2) is 58.5 Å². The fraction of sp³-hybridized carbons (Fsp3) is 0.611. The number of sulfonamides is 1. The van der Waals surface area contributed by atoms with Crippen molar-refractivity contribution >= 4 is 15.9 Å². The van der Waals surface area contributed by atoms with Crippen molar-refractivity contribution in [2.24, 2.45) is 0 Å². The van der Waals surface area contributed by atoms with Gasteiger partial charge >= 0.3 is 0 Å². The quantitative estimate of drug-likeness (QED) is 0.747. The molecule has 1 unspecified atom stereocenters. The molecule has 26 heavy (non-hydrogen) atoms. The zero-order valence-corrected chi connectivity index (χ0v) is 16.6. The largest absolute Gasteiger partial charge is 0.496 e. The summed E-state index contributed by atoms with van der Waals surface area (Å²) < 4.78 is 32.7. The summed E-state index contributed by atoms with van der Waals surface area (Å²) in [5, 5.41) is 5.84. The number of methoxy groups -OCH3 is 1. The van der Waals surface area contributed by atoms with E-state index in [1.165, 1.54) is 23.5 Å². The highest BCUT2D eigenvalue weighted by Crippen LogP contribution is 2.26. The van der Waals surface area contributed by atoms with E-state index in [9.17, 15) is 13.2 Å². The molecule has 8 heteroatoms. The second-order valence-electron chi connectivity index (χ2n) is 6.58. The van der Waals surface area contributed by atoms with E-state index in [2.05, 4.69) is 10.6 Å². The van der Waals surface area contributed by atoms with Crippen LogP contribution in [0.3, 0.4) is 0 Å². The minimum Gasteiger partial charge on any atom is -0.496 e. The third kappa shape index (κ3) is 4.96. The Morgan fingerprint density at radius 1 is 1.23 bits per heavy atom. The van der Waals surface area contributed by atoms with Crippen LogP contribution in [0.4, 0.5) is 0 Å². The number of hydrogen-bond donors (Lipinski definition) is 2. The molecule has 2 rings (SSSR count). The molecule has 1 heterocycles. The summed E-state index contributed by atoms with van der Waals surface area (Å²) in [5.41, 5.74) is 0.228. The van der Waals surface area contributed by atoms with Crippen LogP contribution in [0.25, 0.3) is 0 Å². The van der Waals surface area contributed by atoms with Gasteiger partial charge in [-0.3, -0.25) is 4.79 Å². The Hall–Kier alpha value is -1.64. The molecular weight excluding hydrogens is 354 g/mol. The number of ether oxygens (including phenoxy) is 1. The third-order valence-corrected chi connectivity index (χ3v) is 6.57. The molecular formula is C18H29N3O4S. The van der Waals surface area contributed by atoms with Crippen LogP contribution in [0.2, 0.25) is 0 Å². The molecule has 1 saturated heterocycles. The number of amides is 1. The van der Waals surface area contributed by atoms with Gasteiger partial charge in [0.25, 0.3) is 5.91 Å². The van der Waals surface area contributed by atoms with E-state index in [0.717, 1.165) is 25.7 Å². The van der Waals surface area contributed by atoms with Crippen LogP contribution in [-0.2, 0) is 10.0 Å². The molecule has 146 valence electrons. The number of carbonyl (C=O) groups excluding carboxylic acids is 1. The van der Waals surface area contributed by atoms with E-state index in [4.69, 9.17) is 4.74 Å². The number of likely N-dealkylation sites (N-methyl/N-ethyl adjacent to an activating group) is 1. The van der Waals surface area contributed by atoms with Gasteiger partial charge in [-0.2, -0.15) is 4.31 Å². The molecule has 1 aromatic carbocycles. The zero-order chi connectivity index (χ0) is 19.2. The topological polar surface area (TPSA) is 87.7 Å². The second-order valence-corrected chi connectivity index (χ2v) is 8.52. The van der Waals surface area contributed by atoms with Crippen molar-refractivity contribution in [1.82, 2.24) is 14.9 Å². The molecule has 2 N–H and O–H groups in total. The second kappa shape index (κ2) is 9.34. The molecule has 1 aliphatic rings. The predicted octanol–water partition coefficient (Wildman–Crippen LogP) is 1.60. The van der Waals surface area contributed by atoms with E-state index in [1.54, 1.807) is 6.07 Å². The number of rotatable bonds is 7. The highest BCUT2D eigenvalue weighted by atomic mass is 32.2. The first-order valence-electron chi connectivity index (χ1n) is 9.03. The first kappa shape index (κ1) is 20.7. The zero-order valence-electron chi connectivity index (χ0n) is 15.7. The summed E-state index contributed by atoms with van der Waals surface area (Å²) in [6.07, 6.45) is 3.83. The average molecular weight is 384 g/mol. The summed E-state index contributed by atoms with van der Waals surface area (Å²) in [5.74, 6) is 0.00583. The molecule has 0 radical (unpaired) electrons. The molecule has 1 aromatic rings. The van der Waals surface area contributed by atoms with E-state index in [0.29, 0.717) is 25.4 Å². The minimum absolute atomic E-state index is 0.106. The van der Waals surface area contributed by atoms with Gasteiger partial charge < -0.3 is 15.4 Å². The Morgan fingerprint density at radius 2 is 1.88 bits per heavy atom. The van der Waals surface area contributed by atoms with Gasteiger partial charge in [-0.1, -0.05) is 12.8 Å². The third-order valence-electron chi connectivity index (χ3n) is 4.68. The molecule has 1 amide bonds. The van der Waals surface area contributed by atoms with Crippen molar-refractivity contribution in [3.05, 3.63) is 23.8 Å². The normalized spacial score (nSPS) is 17.3. The lowest BCUT2D eigenvalue weighted by Crippen LogP contribution is -2.37. The fourth-order valence-electron chi connectivity index (χ4n) is 2.90. The minimum atomic E-state index is -3.62. The maximum Gasteiger partial charge on any atom is 0.255 e. The molecule has 0 aliphatic carbocycles. The maximum absolute atomic E-state index is 13.0. The average Bonchev–Trinajstić information content (AvgIpc) is 2.95. The fourth-order valence-corrected chi connectivity index (χ4v) is 4.44. The van der Waals surface area contributed by atoms with Crippen molar-refractivity contribution in [2.45, 2.75) is 43.5 Å². The van der Waals surface area contributed by atoms with Crippen LogP contribution < -0.4 is 15.4 Å². The smallest absolute Gasteiger partial charge is 0.255 e. The van der Waals surface area contributed by atoms with Gasteiger partial charge in [-0.25, -0.2) is 8.42 Å².